The molecule has 2 aliphatic rings. The van der Waals surface area contributed by atoms with Crippen LogP contribution in [-0.4, -0.2) is 67.6 Å². The maximum Gasteiger partial charge on any atom is 0.239 e. The number of hydrogen-bond donors (Lipinski definition) is 2. The minimum Gasteiger partial charge on any atom is -0.368 e. The van der Waals surface area contributed by atoms with Gasteiger partial charge in [0.05, 0.1) is 0 Å². The second-order valence-corrected chi connectivity index (χ2v) is 6.43. The minimum absolute atomic E-state index is 0.185. The van der Waals surface area contributed by atoms with Gasteiger partial charge in [0.25, 0.3) is 0 Å². The Labute approximate surface area is 122 Å². The first-order chi connectivity index (χ1) is 9.58. The van der Waals surface area contributed by atoms with Crippen LogP contribution in [0.25, 0.3) is 0 Å². The molecule has 1 aliphatic heterocycles. The van der Waals surface area contributed by atoms with Crippen LogP contribution in [-0.2, 0) is 4.79 Å². The van der Waals surface area contributed by atoms with Gasteiger partial charge in [-0.25, -0.2) is 0 Å². The molecule has 0 aromatic heterocycles. The summed E-state index contributed by atoms with van der Waals surface area (Å²) in [5, 5.41) is 3.39. The molecule has 1 saturated carbocycles. The van der Waals surface area contributed by atoms with Crippen molar-refractivity contribution in [1.29, 1.82) is 0 Å². The molecule has 2 rings (SSSR count). The fourth-order valence-corrected chi connectivity index (χ4v) is 3.41. The number of nitrogens with zero attached hydrogens (tertiary/aromatic N) is 2. The number of amides is 1. The highest BCUT2D eigenvalue weighted by Crippen LogP contribution is 2.40. The predicted octanol–water partition coefficient (Wildman–Crippen LogP) is 0.258. The Hall–Kier alpha value is -0.650. The van der Waals surface area contributed by atoms with Gasteiger partial charge in [0.2, 0.25) is 5.91 Å². The fraction of sp³-hybridized carbons (Fsp3) is 0.933. The van der Waals surface area contributed by atoms with Crippen LogP contribution >= 0.6 is 0 Å². The number of primary amides is 1. The van der Waals surface area contributed by atoms with Crippen LogP contribution in [0.15, 0.2) is 0 Å². The topological polar surface area (TPSA) is 61.6 Å². The van der Waals surface area contributed by atoms with E-state index in [-0.39, 0.29) is 5.91 Å². The molecule has 116 valence electrons. The largest absolute Gasteiger partial charge is 0.368 e. The summed E-state index contributed by atoms with van der Waals surface area (Å²) in [6.45, 7) is 8.13. The maximum absolute atomic E-state index is 12.0. The number of likely N-dealkylation sites (N-methyl/N-ethyl adjacent to an activating group) is 2. The van der Waals surface area contributed by atoms with Crippen LogP contribution < -0.4 is 11.1 Å². The summed E-state index contributed by atoms with van der Waals surface area (Å²) in [5.74, 6) is 0.240. The standard InChI is InChI=1S/C15H30N4O/c1-3-17-15(14(16)20,13-6-7-13)12-18(2)10-11-19-8-4-5-9-19/h13,17H,3-12H2,1-2H3,(H2,16,20). The Kier molecular flexibility index (Phi) is 5.41. The van der Waals surface area contributed by atoms with Crippen molar-refractivity contribution in [2.45, 2.75) is 38.1 Å². The van der Waals surface area contributed by atoms with E-state index in [1.165, 1.54) is 25.9 Å². The van der Waals surface area contributed by atoms with Crippen molar-refractivity contribution in [1.82, 2.24) is 15.1 Å². The normalized spacial score (nSPS) is 23.1. The molecule has 0 aromatic carbocycles. The third-order valence-electron chi connectivity index (χ3n) is 4.72. The lowest BCUT2D eigenvalue weighted by Crippen LogP contribution is -2.63. The summed E-state index contributed by atoms with van der Waals surface area (Å²) in [4.78, 5) is 16.8. The van der Waals surface area contributed by atoms with Crippen molar-refractivity contribution < 1.29 is 4.79 Å². The number of carbonyl (C=O) groups excluding carboxylic acids is 1. The van der Waals surface area contributed by atoms with Gasteiger partial charge in [0, 0.05) is 19.6 Å². The first-order valence-electron chi connectivity index (χ1n) is 8.04. The number of hydrogen-bond acceptors (Lipinski definition) is 4. The smallest absolute Gasteiger partial charge is 0.239 e. The highest BCUT2D eigenvalue weighted by molar-refractivity contribution is 5.86. The summed E-state index contributed by atoms with van der Waals surface area (Å²) in [5.41, 5.74) is 5.21. The number of likely N-dealkylation sites (tertiary alicyclic amines) is 1. The molecule has 1 amide bonds. The van der Waals surface area contributed by atoms with E-state index < -0.39 is 5.54 Å². The van der Waals surface area contributed by atoms with Gasteiger partial charge in [-0.2, -0.15) is 0 Å². The van der Waals surface area contributed by atoms with E-state index in [0.717, 1.165) is 39.0 Å². The first kappa shape index (κ1) is 15.7. The zero-order valence-electron chi connectivity index (χ0n) is 13.0. The van der Waals surface area contributed by atoms with Gasteiger partial charge in [0.15, 0.2) is 0 Å². The summed E-state index contributed by atoms with van der Waals surface area (Å²) < 4.78 is 0. The number of nitrogens with one attached hydrogen (secondary N) is 1. The van der Waals surface area contributed by atoms with E-state index in [0.29, 0.717) is 5.92 Å². The Morgan fingerprint density at radius 1 is 1.40 bits per heavy atom. The molecule has 0 radical (unpaired) electrons. The molecule has 5 heteroatoms. The van der Waals surface area contributed by atoms with Crippen molar-refractivity contribution in [3.05, 3.63) is 0 Å². The Balaban J connectivity index is 1.87. The molecule has 3 N–H and O–H groups in total. The average molecular weight is 282 g/mol. The molecule has 0 aromatic rings. The SMILES string of the molecule is CCNC(CN(C)CCN1CCCC1)(C(N)=O)C1CC1. The molecular formula is C15H30N4O. The lowest BCUT2D eigenvalue weighted by Gasteiger charge is -2.36. The highest BCUT2D eigenvalue weighted by atomic mass is 16.1. The molecule has 20 heavy (non-hydrogen) atoms. The monoisotopic (exact) mass is 282 g/mol. The minimum atomic E-state index is -0.519. The van der Waals surface area contributed by atoms with Crippen LogP contribution in [0.3, 0.4) is 0 Å². The Morgan fingerprint density at radius 2 is 2.05 bits per heavy atom. The van der Waals surface area contributed by atoms with Crippen molar-refractivity contribution in [2.75, 3.05) is 46.3 Å². The molecule has 0 bridgehead atoms. The number of carbonyl (C=O) groups is 1. The van der Waals surface area contributed by atoms with E-state index in [4.69, 9.17) is 5.73 Å². The highest BCUT2D eigenvalue weighted by Gasteiger charge is 2.49. The van der Waals surface area contributed by atoms with Crippen LogP contribution in [0.1, 0.15) is 32.6 Å². The van der Waals surface area contributed by atoms with E-state index >= 15 is 0 Å². The lowest BCUT2D eigenvalue weighted by atomic mass is 9.91. The van der Waals surface area contributed by atoms with Gasteiger partial charge in [-0.3, -0.25) is 4.79 Å². The molecule has 5 nitrogen and oxygen atoms in total. The second-order valence-electron chi connectivity index (χ2n) is 6.43. The van der Waals surface area contributed by atoms with Crippen LogP contribution in [0.4, 0.5) is 0 Å². The van der Waals surface area contributed by atoms with Gasteiger partial charge < -0.3 is 20.9 Å². The molecular weight excluding hydrogens is 252 g/mol. The van der Waals surface area contributed by atoms with Crippen LogP contribution in [0, 0.1) is 5.92 Å². The maximum atomic E-state index is 12.0. The second kappa shape index (κ2) is 6.87. The van der Waals surface area contributed by atoms with E-state index in [2.05, 4.69) is 22.2 Å². The average Bonchev–Trinajstić information content (AvgIpc) is 3.13. The predicted molar refractivity (Wildman–Crippen MR) is 81.5 cm³/mol. The van der Waals surface area contributed by atoms with Crippen molar-refractivity contribution in [3.63, 3.8) is 0 Å². The van der Waals surface area contributed by atoms with Gasteiger partial charge in [-0.15, -0.1) is 0 Å². The molecule has 1 unspecified atom stereocenters. The molecule has 1 atom stereocenters. The van der Waals surface area contributed by atoms with Crippen molar-refractivity contribution in [3.8, 4) is 0 Å². The van der Waals surface area contributed by atoms with Crippen molar-refractivity contribution >= 4 is 5.91 Å². The summed E-state index contributed by atoms with van der Waals surface area (Å²) in [6, 6.07) is 0. The van der Waals surface area contributed by atoms with E-state index in [1.807, 2.05) is 6.92 Å². The van der Waals surface area contributed by atoms with Crippen molar-refractivity contribution in [2.24, 2.45) is 11.7 Å². The zero-order chi connectivity index (χ0) is 14.6. The van der Waals surface area contributed by atoms with Gasteiger partial charge in [-0.1, -0.05) is 6.92 Å². The van der Waals surface area contributed by atoms with Gasteiger partial charge in [0.1, 0.15) is 5.54 Å². The van der Waals surface area contributed by atoms with E-state index in [9.17, 15) is 4.79 Å². The zero-order valence-corrected chi connectivity index (χ0v) is 13.0. The third kappa shape index (κ3) is 3.71. The lowest BCUT2D eigenvalue weighted by molar-refractivity contribution is -0.126. The molecule has 0 spiro atoms. The molecule has 1 aliphatic carbocycles. The Bertz CT molecular complexity index is 326. The molecule has 1 heterocycles. The quantitative estimate of drug-likeness (QED) is 0.637. The van der Waals surface area contributed by atoms with Crippen LogP contribution in [0.2, 0.25) is 0 Å². The third-order valence-corrected chi connectivity index (χ3v) is 4.72. The number of rotatable bonds is 9. The summed E-state index contributed by atoms with van der Waals surface area (Å²) >= 11 is 0. The Morgan fingerprint density at radius 3 is 2.55 bits per heavy atom. The van der Waals surface area contributed by atoms with E-state index in [1.54, 1.807) is 0 Å². The van der Waals surface area contributed by atoms with Crippen LogP contribution in [0.5, 0.6) is 0 Å². The first-order valence-corrected chi connectivity index (χ1v) is 8.04. The molecule has 1 saturated heterocycles. The molecule has 2 fully saturated rings. The fourth-order valence-electron chi connectivity index (χ4n) is 3.41. The number of nitrogens with two attached hydrogens (primary N) is 1. The van der Waals surface area contributed by atoms with Gasteiger partial charge in [-0.05, 0) is 58.3 Å². The van der Waals surface area contributed by atoms with Gasteiger partial charge >= 0.3 is 0 Å². The summed E-state index contributed by atoms with van der Waals surface area (Å²) in [7, 11) is 2.10. The summed E-state index contributed by atoms with van der Waals surface area (Å²) in [6.07, 6.45) is 4.90.